The lowest BCUT2D eigenvalue weighted by Gasteiger charge is -2.17. The molecule has 0 radical (unpaired) electrons. The Kier molecular flexibility index (Phi) is 4.29. The van der Waals surface area contributed by atoms with Gasteiger partial charge in [0.2, 0.25) is 11.8 Å². The van der Waals surface area contributed by atoms with Crippen LogP contribution in [0.1, 0.15) is 12.2 Å². The molecular weight excluding hydrogens is 348 g/mol. The molecule has 0 saturated carbocycles. The van der Waals surface area contributed by atoms with E-state index in [4.69, 9.17) is 4.42 Å². The van der Waals surface area contributed by atoms with Crippen molar-refractivity contribution in [2.75, 3.05) is 11.4 Å². The van der Waals surface area contributed by atoms with E-state index in [1.54, 1.807) is 23.3 Å². The van der Waals surface area contributed by atoms with Crippen LogP contribution in [0.3, 0.4) is 0 Å². The van der Waals surface area contributed by atoms with Crippen LogP contribution in [0.2, 0.25) is 0 Å². The number of rotatable bonds is 4. The molecule has 1 aromatic heterocycles. The Balaban J connectivity index is 1.62. The normalized spacial score (nSPS) is 17.8. The maximum Gasteiger partial charge on any atom is 0.227 e. The van der Waals surface area contributed by atoms with E-state index in [2.05, 4.69) is 21.2 Å². The number of nitrogens with zero attached hydrogens (tertiary/aromatic N) is 1. The number of carbonyl (C=O) groups excluding carboxylic acids is 2. The predicted molar refractivity (Wildman–Crippen MR) is 85.2 cm³/mol. The number of amides is 2. The summed E-state index contributed by atoms with van der Waals surface area (Å²) in [6.45, 7) is 0.743. The van der Waals surface area contributed by atoms with Gasteiger partial charge >= 0.3 is 0 Å². The highest BCUT2D eigenvalue weighted by atomic mass is 79.9. The molecule has 1 atom stereocenters. The third-order valence-corrected chi connectivity index (χ3v) is 4.13. The predicted octanol–water partition coefficient (Wildman–Crippen LogP) is 2.71. The lowest BCUT2D eigenvalue weighted by Crippen LogP contribution is -2.32. The zero-order chi connectivity index (χ0) is 15.5. The SMILES string of the molecule is O=C(NCc1ccco1)C1CC(=O)N(c2cccc(Br)c2)C1. The van der Waals surface area contributed by atoms with E-state index in [-0.39, 0.29) is 24.2 Å². The maximum atomic E-state index is 12.2. The summed E-state index contributed by atoms with van der Waals surface area (Å²) < 4.78 is 6.08. The van der Waals surface area contributed by atoms with Gasteiger partial charge in [-0.1, -0.05) is 22.0 Å². The Hall–Kier alpha value is -2.08. The highest BCUT2D eigenvalue weighted by molar-refractivity contribution is 9.10. The minimum atomic E-state index is -0.332. The largest absolute Gasteiger partial charge is 0.467 e. The van der Waals surface area contributed by atoms with Gasteiger partial charge in [-0.05, 0) is 30.3 Å². The first-order valence-corrected chi connectivity index (χ1v) is 7.79. The van der Waals surface area contributed by atoms with Crippen molar-refractivity contribution in [2.45, 2.75) is 13.0 Å². The van der Waals surface area contributed by atoms with Crippen molar-refractivity contribution in [1.29, 1.82) is 0 Å². The van der Waals surface area contributed by atoms with Crippen LogP contribution in [-0.2, 0) is 16.1 Å². The van der Waals surface area contributed by atoms with Crippen molar-refractivity contribution in [3.63, 3.8) is 0 Å². The van der Waals surface area contributed by atoms with Crippen molar-refractivity contribution in [3.8, 4) is 0 Å². The number of benzene rings is 1. The average molecular weight is 363 g/mol. The van der Waals surface area contributed by atoms with Gasteiger partial charge in [0.15, 0.2) is 0 Å². The number of furan rings is 1. The molecule has 5 nitrogen and oxygen atoms in total. The van der Waals surface area contributed by atoms with Crippen molar-refractivity contribution in [3.05, 3.63) is 52.9 Å². The molecule has 2 aromatic rings. The molecule has 0 spiro atoms. The second kappa shape index (κ2) is 6.36. The summed E-state index contributed by atoms with van der Waals surface area (Å²) in [6.07, 6.45) is 1.80. The molecule has 1 unspecified atom stereocenters. The van der Waals surface area contributed by atoms with E-state index in [1.807, 2.05) is 24.3 Å². The zero-order valence-electron chi connectivity index (χ0n) is 11.8. The standard InChI is InChI=1S/C16H15BrN2O3/c17-12-3-1-4-13(8-12)19-10-11(7-15(19)20)16(21)18-9-14-5-2-6-22-14/h1-6,8,11H,7,9-10H2,(H,18,21). The van der Waals surface area contributed by atoms with Gasteiger partial charge in [0, 0.05) is 23.1 Å². The molecule has 0 aliphatic carbocycles. The van der Waals surface area contributed by atoms with E-state index in [9.17, 15) is 9.59 Å². The molecule has 1 N–H and O–H groups in total. The van der Waals surface area contributed by atoms with Gasteiger partial charge in [0.1, 0.15) is 5.76 Å². The second-order valence-electron chi connectivity index (χ2n) is 5.18. The lowest BCUT2D eigenvalue weighted by atomic mass is 10.1. The van der Waals surface area contributed by atoms with Crippen LogP contribution in [0, 0.1) is 5.92 Å². The van der Waals surface area contributed by atoms with Crippen molar-refractivity contribution in [2.24, 2.45) is 5.92 Å². The smallest absolute Gasteiger partial charge is 0.227 e. The van der Waals surface area contributed by atoms with Gasteiger partial charge in [-0.3, -0.25) is 9.59 Å². The summed E-state index contributed by atoms with van der Waals surface area (Å²) in [6, 6.07) is 11.1. The van der Waals surface area contributed by atoms with Crippen LogP contribution in [0.4, 0.5) is 5.69 Å². The Bertz CT molecular complexity index is 684. The minimum Gasteiger partial charge on any atom is -0.467 e. The number of halogens is 1. The Morgan fingerprint density at radius 3 is 2.95 bits per heavy atom. The highest BCUT2D eigenvalue weighted by Gasteiger charge is 2.35. The highest BCUT2D eigenvalue weighted by Crippen LogP contribution is 2.27. The van der Waals surface area contributed by atoms with Gasteiger partial charge in [-0.15, -0.1) is 0 Å². The van der Waals surface area contributed by atoms with Crippen LogP contribution in [0.15, 0.2) is 51.6 Å². The van der Waals surface area contributed by atoms with Crippen LogP contribution in [-0.4, -0.2) is 18.4 Å². The van der Waals surface area contributed by atoms with E-state index in [0.717, 1.165) is 10.2 Å². The first-order chi connectivity index (χ1) is 10.6. The van der Waals surface area contributed by atoms with E-state index >= 15 is 0 Å². The van der Waals surface area contributed by atoms with Gasteiger partial charge in [0.25, 0.3) is 0 Å². The summed E-state index contributed by atoms with van der Waals surface area (Å²) in [4.78, 5) is 26.0. The van der Waals surface area contributed by atoms with Gasteiger partial charge in [0.05, 0.1) is 18.7 Å². The van der Waals surface area contributed by atoms with Crippen LogP contribution in [0.5, 0.6) is 0 Å². The second-order valence-corrected chi connectivity index (χ2v) is 6.10. The summed E-state index contributed by atoms with van der Waals surface area (Å²) in [5, 5.41) is 2.81. The molecule has 0 bridgehead atoms. The topological polar surface area (TPSA) is 62.6 Å². The summed E-state index contributed by atoms with van der Waals surface area (Å²) in [7, 11) is 0. The molecular formula is C16H15BrN2O3. The first kappa shape index (κ1) is 14.8. The molecule has 2 heterocycles. The third-order valence-electron chi connectivity index (χ3n) is 3.63. The van der Waals surface area contributed by atoms with Crippen LogP contribution < -0.4 is 10.2 Å². The first-order valence-electron chi connectivity index (χ1n) is 6.99. The molecule has 1 aliphatic heterocycles. The fraction of sp³-hybridized carbons (Fsp3) is 0.250. The number of hydrogen-bond acceptors (Lipinski definition) is 3. The molecule has 6 heteroatoms. The minimum absolute atomic E-state index is 0.0313. The van der Waals surface area contributed by atoms with Crippen LogP contribution >= 0.6 is 15.9 Å². The molecule has 1 fully saturated rings. The third kappa shape index (κ3) is 3.22. The summed E-state index contributed by atoms with van der Waals surface area (Å²) in [5.41, 5.74) is 0.806. The molecule has 1 aliphatic rings. The van der Waals surface area contributed by atoms with Crippen molar-refractivity contribution < 1.29 is 14.0 Å². The van der Waals surface area contributed by atoms with E-state index in [1.165, 1.54) is 0 Å². The van der Waals surface area contributed by atoms with Gasteiger partial charge in [-0.2, -0.15) is 0 Å². The summed E-state index contributed by atoms with van der Waals surface area (Å²) >= 11 is 3.39. The lowest BCUT2D eigenvalue weighted by molar-refractivity contribution is -0.126. The average Bonchev–Trinajstić information content (AvgIpc) is 3.14. The quantitative estimate of drug-likeness (QED) is 0.909. The molecule has 3 rings (SSSR count). The van der Waals surface area contributed by atoms with Gasteiger partial charge < -0.3 is 14.6 Å². The van der Waals surface area contributed by atoms with Crippen LogP contribution in [0.25, 0.3) is 0 Å². The molecule has 114 valence electrons. The Labute approximate surface area is 136 Å². The van der Waals surface area contributed by atoms with E-state index in [0.29, 0.717) is 18.8 Å². The molecule has 22 heavy (non-hydrogen) atoms. The van der Waals surface area contributed by atoms with Crippen molar-refractivity contribution >= 4 is 33.4 Å². The molecule has 1 aromatic carbocycles. The maximum absolute atomic E-state index is 12.2. The monoisotopic (exact) mass is 362 g/mol. The van der Waals surface area contributed by atoms with E-state index < -0.39 is 0 Å². The van der Waals surface area contributed by atoms with Crippen molar-refractivity contribution in [1.82, 2.24) is 5.32 Å². The number of anilines is 1. The Morgan fingerprint density at radius 2 is 2.23 bits per heavy atom. The molecule has 1 saturated heterocycles. The fourth-order valence-electron chi connectivity index (χ4n) is 2.51. The number of carbonyl (C=O) groups is 2. The summed E-state index contributed by atoms with van der Waals surface area (Å²) in [5.74, 6) is 0.210. The Morgan fingerprint density at radius 1 is 1.36 bits per heavy atom. The molecule has 2 amide bonds. The van der Waals surface area contributed by atoms with Gasteiger partial charge in [-0.25, -0.2) is 0 Å². The number of nitrogens with one attached hydrogen (secondary N) is 1. The number of hydrogen-bond donors (Lipinski definition) is 1. The zero-order valence-corrected chi connectivity index (χ0v) is 13.4. The fourth-order valence-corrected chi connectivity index (χ4v) is 2.90.